The van der Waals surface area contributed by atoms with Crippen LogP contribution in [-0.2, 0) is 0 Å². The third-order valence-electron chi connectivity index (χ3n) is 2.59. The summed E-state index contributed by atoms with van der Waals surface area (Å²) in [4.78, 5) is 4.08. The van der Waals surface area contributed by atoms with E-state index in [2.05, 4.69) is 58.8 Å². The predicted octanol–water partition coefficient (Wildman–Crippen LogP) is 6.09. The third-order valence-corrected chi connectivity index (χ3v) is 2.59. The Morgan fingerprint density at radius 1 is 1.26 bits per heavy atom. The smallest absolute Gasteiger partial charge is 0.0956 e. The third kappa shape index (κ3) is 16.6. The van der Waals surface area contributed by atoms with Crippen LogP contribution >= 0.6 is 0 Å². The lowest BCUT2D eigenvalue weighted by Crippen LogP contribution is -2.40. The van der Waals surface area contributed by atoms with Gasteiger partial charge in [0.05, 0.1) is 11.5 Å². The molecule has 1 aliphatic carbocycles. The van der Waals surface area contributed by atoms with Crippen molar-refractivity contribution in [3.8, 4) is 6.07 Å². The molecule has 0 aromatic heterocycles. The molecular weight excluding hydrogens is 282 g/mol. The van der Waals surface area contributed by atoms with Gasteiger partial charge in [-0.3, -0.25) is 4.99 Å². The van der Waals surface area contributed by atoms with Crippen molar-refractivity contribution < 1.29 is 0 Å². The molecule has 0 aromatic carbocycles. The Bertz CT molecular complexity index is 390. The molecular formula is C20H39N3. The second-order valence-electron chi connectivity index (χ2n) is 7.45. The number of aliphatic imine (C=N–C) groups is 1. The molecule has 2 N–H and O–H groups in total. The van der Waals surface area contributed by atoms with E-state index in [4.69, 9.17) is 11.0 Å². The van der Waals surface area contributed by atoms with E-state index >= 15 is 0 Å². The minimum Gasteiger partial charge on any atom is -0.403 e. The summed E-state index contributed by atoms with van der Waals surface area (Å²) < 4.78 is 0. The molecule has 134 valence electrons. The highest BCUT2D eigenvalue weighted by molar-refractivity contribution is 5.91. The quantitative estimate of drug-likeness (QED) is 0.626. The van der Waals surface area contributed by atoms with E-state index in [9.17, 15) is 0 Å². The zero-order valence-corrected chi connectivity index (χ0v) is 17.0. The SMILES string of the molecule is C=C(C)N.C=CN=C(C)C1(C#N)CC(C)C1.CC.CC(C)(C)C. The van der Waals surface area contributed by atoms with Crippen LogP contribution in [0.5, 0.6) is 0 Å². The fourth-order valence-electron chi connectivity index (χ4n) is 1.86. The van der Waals surface area contributed by atoms with Crippen molar-refractivity contribution in [2.45, 2.75) is 75.2 Å². The standard InChI is InChI=1S/C10H14N2.C5H12.C3H7N.C2H6/c1-4-12-9(3)10(7-11)5-8(2)6-10;1-5(2,3)4;1-3(2)4;1-2/h4,8H,1,5-6H2,2-3H3;1-4H3;1,4H2,2H3;1-2H3. The molecule has 0 atom stereocenters. The van der Waals surface area contributed by atoms with E-state index in [0.717, 1.165) is 18.6 Å². The first-order valence-electron chi connectivity index (χ1n) is 8.36. The summed E-state index contributed by atoms with van der Waals surface area (Å²) in [6, 6.07) is 2.35. The van der Waals surface area contributed by atoms with Gasteiger partial charge in [-0.1, -0.05) is 61.6 Å². The first kappa shape index (κ1) is 26.3. The molecule has 0 radical (unpaired) electrons. The van der Waals surface area contributed by atoms with Crippen molar-refractivity contribution in [3.05, 3.63) is 25.1 Å². The van der Waals surface area contributed by atoms with Gasteiger partial charge in [-0.2, -0.15) is 5.26 Å². The molecule has 1 aliphatic rings. The Labute approximate surface area is 145 Å². The second-order valence-corrected chi connectivity index (χ2v) is 7.45. The Hall–Kier alpha value is -1.56. The van der Waals surface area contributed by atoms with E-state index in [1.165, 1.54) is 6.20 Å². The van der Waals surface area contributed by atoms with Gasteiger partial charge in [0.1, 0.15) is 0 Å². The molecule has 1 fully saturated rings. The number of rotatable bonds is 2. The number of allylic oxidation sites excluding steroid dienone is 1. The van der Waals surface area contributed by atoms with Gasteiger partial charge in [0.25, 0.3) is 0 Å². The molecule has 0 aliphatic heterocycles. The molecule has 0 bridgehead atoms. The van der Waals surface area contributed by atoms with Crippen LogP contribution in [0, 0.1) is 28.1 Å². The van der Waals surface area contributed by atoms with Crippen LogP contribution in [0.1, 0.15) is 75.2 Å². The summed E-state index contributed by atoms with van der Waals surface area (Å²) in [6.45, 7) is 25.4. The number of hydrogen-bond donors (Lipinski definition) is 1. The topological polar surface area (TPSA) is 62.2 Å². The zero-order valence-electron chi connectivity index (χ0n) is 17.0. The van der Waals surface area contributed by atoms with Crippen molar-refractivity contribution in [1.29, 1.82) is 5.26 Å². The largest absolute Gasteiger partial charge is 0.403 e. The highest BCUT2D eigenvalue weighted by atomic mass is 14.7. The Morgan fingerprint density at radius 3 is 1.74 bits per heavy atom. The van der Waals surface area contributed by atoms with E-state index in [1.54, 1.807) is 6.92 Å². The van der Waals surface area contributed by atoms with Gasteiger partial charge in [0.15, 0.2) is 0 Å². The summed E-state index contributed by atoms with van der Waals surface area (Å²) in [5.74, 6) is 0.666. The molecule has 0 amide bonds. The maximum atomic E-state index is 8.99. The lowest BCUT2D eigenvalue weighted by molar-refractivity contribution is 0.208. The van der Waals surface area contributed by atoms with Crippen LogP contribution < -0.4 is 5.73 Å². The number of nitrogens with two attached hydrogens (primary N) is 1. The summed E-state index contributed by atoms with van der Waals surface area (Å²) >= 11 is 0. The fourth-order valence-corrected chi connectivity index (χ4v) is 1.86. The van der Waals surface area contributed by atoms with Crippen LogP contribution in [0.4, 0.5) is 0 Å². The molecule has 23 heavy (non-hydrogen) atoms. The molecule has 1 rings (SSSR count). The van der Waals surface area contributed by atoms with Crippen molar-refractivity contribution in [2.75, 3.05) is 0 Å². The van der Waals surface area contributed by atoms with E-state index < -0.39 is 0 Å². The Balaban J connectivity index is -0.000000304. The highest BCUT2D eigenvalue weighted by Crippen LogP contribution is 2.45. The molecule has 1 saturated carbocycles. The van der Waals surface area contributed by atoms with Crippen LogP contribution in [0.25, 0.3) is 0 Å². The molecule has 0 heterocycles. The normalized spacial score (nSPS) is 22.3. The molecule has 3 heteroatoms. The van der Waals surface area contributed by atoms with Gasteiger partial charge in [-0.25, -0.2) is 0 Å². The van der Waals surface area contributed by atoms with E-state index in [-0.39, 0.29) is 5.41 Å². The molecule has 0 aromatic rings. The maximum absolute atomic E-state index is 8.99. The van der Waals surface area contributed by atoms with Crippen LogP contribution in [0.2, 0.25) is 0 Å². The van der Waals surface area contributed by atoms with Crippen molar-refractivity contribution in [3.63, 3.8) is 0 Å². The maximum Gasteiger partial charge on any atom is 0.0956 e. The van der Waals surface area contributed by atoms with Crippen molar-refractivity contribution in [2.24, 2.45) is 27.5 Å². The highest BCUT2D eigenvalue weighted by Gasteiger charge is 2.44. The average molecular weight is 322 g/mol. The summed E-state index contributed by atoms with van der Waals surface area (Å²) in [5.41, 5.74) is 6.73. The van der Waals surface area contributed by atoms with Gasteiger partial charge in [-0.15, -0.1) is 0 Å². The minimum absolute atomic E-state index is 0.270. The van der Waals surface area contributed by atoms with Crippen LogP contribution in [-0.4, -0.2) is 5.71 Å². The molecule has 0 saturated heterocycles. The number of nitrogens with zero attached hydrogens (tertiary/aromatic N) is 2. The van der Waals surface area contributed by atoms with Crippen LogP contribution in [0.3, 0.4) is 0 Å². The van der Waals surface area contributed by atoms with E-state index in [1.807, 2.05) is 20.8 Å². The van der Waals surface area contributed by atoms with Gasteiger partial charge >= 0.3 is 0 Å². The van der Waals surface area contributed by atoms with Gasteiger partial charge in [0.2, 0.25) is 0 Å². The molecule has 0 unspecified atom stereocenters. The van der Waals surface area contributed by atoms with E-state index in [0.29, 0.717) is 17.0 Å². The summed E-state index contributed by atoms with van der Waals surface area (Å²) in [7, 11) is 0. The monoisotopic (exact) mass is 321 g/mol. The van der Waals surface area contributed by atoms with Crippen LogP contribution in [0.15, 0.2) is 30.0 Å². The fraction of sp³-hybridized carbons (Fsp3) is 0.700. The summed E-state index contributed by atoms with van der Waals surface area (Å²) in [6.07, 6.45) is 3.41. The average Bonchev–Trinajstić information content (AvgIpc) is 2.34. The van der Waals surface area contributed by atoms with Crippen molar-refractivity contribution in [1.82, 2.24) is 0 Å². The van der Waals surface area contributed by atoms with Gasteiger partial charge in [-0.05, 0) is 43.7 Å². The summed E-state index contributed by atoms with van der Waals surface area (Å²) in [5, 5.41) is 8.99. The predicted molar refractivity (Wildman–Crippen MR) is 105 cm³/mol. The number of nitriles is 1. The Morgan fingerprint density at radius 2 is 1.57 bits per heavy atom. The Kier molecular flexibility index (Phi) is 14.8. The second kappa shape index (κ2) is 12.9. The zero-order chi connectivity index (χ0) is 19.3. The number of hydrogen-bond acceptors (Lipinski definition) is 3. The first-order chi connectivity index (χ1) is 10.4. The molecule has 0 spiro atoms. The lowest BCUT2D eigenvalue weighted by Gasteiger charge is -2.40. The first-order valence-corrected chi connectivity index (χ1v) is 8.36. The van der Waals surface area contributed by atoms with Crippen molar-refractivity contribution >= 4 is 5.71 Å². The molecule has 3 nitrogen and oxygen atoms in total. The van der Waals surface area contributed by atoms with Gasteiger partial charge in [0, 0.05) is 11.9 Å². The lowest BCUT2D eigenvalue weighted by atomic mass is 9.61. The minimum atomic E-state index is -0.270. The van der Waals surface area contributed by atoms with Gasteiger partial charge < -0.3 is 5.73 Å².